The molecule has 0 fully saturated rings. The Morgan fingerprint density at radius 2 is 2.11 bits per heavy atom. The summed E-state index contributed by atoms with van der Waals surface area (Å²) in [6, 6.07) is 6.77. The first-order chi connectivity index (χ1) is 12.9. The average Bonchev–Trinajstić information content (AvgIpc) is 3.06. The molecule has 148 valence electrons. The molecule has 27 heavy (non-hydrogen) atoms. The molecule has 0 bridgehead atoms. The van der Waals surface area contributed by atoms with E-state index in [1.54, 1.807) is 11.8 Å². The molecule has 2 aromatic rings. The van der Waals surface area contributed by atoms with Crippen molar-refractivity contribution in [2.45, 2.75) is 31.3 Å². The van der Waals surface area contributed by atoms with E-state index in [1.807, 2.05) is 17.9 Å². The van der Waals surface area contributed by atoms with Crippen molar-refractivity contribution >= 4 is 17.7 Å². The van der Waals surface area contributed by atoms with Crippen molar-refractivity contribution in [1.82, 2.24) is 25.3 Å². The molecule has 0 radical (unpaired) electrons. The topological polar surface area (TPSA) is 57.5 Å². The number of aliphatic imine (C=N–C) groups is 1. The second-order valence-electron chi connectivity index (χ2n) is 6.82. The van der Waals surface area contributed by atoms with Crippen molar-refractivity contribution in [2.24, 2.45) is 12.0 Å². The SMILES string of the molecule is CCNC(=NCc1ccc(C)cc1SC)NCC(c1cnn(C)c1)N(C)C. The zero-order valence-electron chi connectivity index (χ0n) is 17.3. The number of benzene rings is 1. The smallest absolute Gasteiger partial charge is 0.191 e. The Balaban J connectivity index is 2.08. The van der Waals surface area contributed by atoms with Crippen LogP contribution in [0.4, 0.5) is 0 Å². The predicted octanol–water partition coefficient (Wildman–Crippen LogP) is 2.81. The number of hydrogen-bond donors (Lipinski definition) is 2. The quantitative estimate of drug-likeness (QED) is 0.414. The van der Waals surface area contributed by atoms with Crippen molar-refractivity contribution in [3.63, 3.8) is 0 Å². The van der Waals surface area contributed by atoms with Crippen molar-refractivity contribution in [3.8, 4) is 0 Å². The van der Waals surface area contributed by atoms with Gasteiger partial charge in [-0.1, -0.05) is 12.1 Å². The van der Waals surface area contributed by atoms with Crippen molar-refractivity contribution < 1.29 is 0 Å². The number of likely N-dealkylation sites (N-methyl/N-ethyl adjacent to an activating group) is 1. The lowest BCUT2D eigenvalue weighted by Gasteiger charge is -2.24. The number of rotatable bonds is 8. The van der Waals surface area contributed by atoms with E-state index >= 15 is 0 Å². The van der Waals surface area contributed by atoms with Crippen molar-refractivity contribution in [3.05, 3.63) is 47.3 Å². The van der Waals surface area contributed by atoms with E-state index in [2.05, 4.69) is 79.2 Å². The fourth-order valence-corrected chi connectivity index (χ4v) is 3.59. The van der Waals surface area contributed by atoms with Gasteiger partial charge in [0.1, 0.15) is 0 Å². The molecule has 1 unspecified atom stereocenters. The lowest BCUT2D eigenvalue weighted by Crippen LogP contribution is -2.41. The molecule has 1 aromatic heterocycles. The zero-order valence-corrected chi connectivity index (χ0v) is 18.1. The van der Waals surface area contributed by atoms with Gasteiger partial charge in [0.2, 0.25) is 0 Å². The molecule has 0 spiro atoms. The molecular formula is C20H32N6S. The summed E-state index contributed by atoms with van der Waals surface area (Å²) in [5.41, 5.74) is 3.72. The normalized spacial score (nSPS) is 13.1. The number of thioether (sulfide) groups is 1. The summed E-state index contributed by atoms with van der Waals surface area (Å²) < 4.78 is 1.84. The van der Waals surface area contributed by atoms with E-state index in [0.717, 1.165) is 19.0 Å². The first-order valence-corrected chi connectivity index (χ1v) is 10.5. The van der Waals surface area contributed by atoms with E-state index < -0.39 is 0 Å². The minimum atomic E-state index is 0.226. The Labute approximate surface area is 167 Å². The first kappa shape index (κ1) is 21.3. The van der Waals surface area contributed by atoms with Crippen LogP contribution in [-0.2, 0) is 13.6 Å². The zero-order chi connectivity index (χ0) is 19.8. The summed E-state index contributed by atoms with van der Waals surface area (Å²) in [5.74, 6) is 0.834. The van der Waals surface area contributed by atoms with Gasteiger partial charge in [-0.2, -0.15) is 5.10 Å². The van der Waals surface area contributed by atoms with Crippen molar-refractivity contribution in [2.75, 3.05) is 33.4 Å². The number of guanidine groups is 1. The number of hydrogen-bond acceptors (Lipinski definition) is 4. The summed E-state index contributed by atoms with van der Waals surface area (Å²) in [7, 11) is 6.11. The Kier molecular flexibility index (Phi) is 8.19. The van der Waals surface area contributed by atoms with Gasteiger partial charge in [0.25, 0.3) is 0 Å². The van der Waals surface area contributed by atoms with E-state index in [-0.39, 0.29) is 6.04 Å². The molecule has 0 saturated heterocycles. The van der Waals surface area contributed by atoms with Gasteiger partial charge in [-0.05, 0) is 51.4 Å². The maximum absolute atomic E-state index is 4.79. The van der Waals surface area contributed by atoms with Gasteiger partial charge < -0.3 is 15.5 Å². The molecule has 0 saturated carbocycles. The van der Waals surface area contributed by atoms with E-state index in [9.17, 15) is 0 Å². The first-order valence-electron chi connectivity index (χ1n) is 9.25. The van der Waals surface area contributed by atoms with E-state index in [4.69, 9.17) is 4.99 Å². The highest BCUT2D eigenvalue weighted by Crippen LogP contribution is 2.22. The molecule has 0 aliphatic carbocycles. The predicted molar refractivity (Wildman–Crippen MR) is 115 cm³/mol. The number of aromatic nitrogens is 2. The molecule has 2 N–H and O–H groups in total. The molecule has 1 atom stereocenters. The molecule has 0 aliphatic heterocycles. The fraction of sp³-hybridized carbons (Fsp3) is 0.500. The highest BCUT2D eigenvalue weighted by Gasteiger charge is 2.16. The third kappa shape index (κ3) is 6.29. The van der Waals surface area contributed by atoms with Crippen LogP contribution in [0.15, 0.2) is 40.5 Å². The van der Waals surface area contributed by atoms with Crippen LogP contribution >= 0.6 is 11.8 Å². The third-order valence-electron chi connectivity index (χ3n) is 4.39. The molecule has 2 rings (SSSR count). The van der Waals surface area contributed by atoms with Crippen LogP contribution in [-0.4, -0.2) is 54.1 Å². The second-order valence-corrected chi connectivity index (χ2v) is 7.67. The number of nitrogens with one attached hydrogen (secondary N) is 2. The monoisotopic (exact) mass is 388 g/mol. The Morgan fingerprint density at radius 3 is 2.70 bits per heavy atom. The molecule has 1 aromatic carbocycles. The summed E-state index contributed by atoms with van der Waals surface area (Å²) in [5, 5.41) is 11.1. The third-order valence-corrected chi connectivity index (χ3v) is 5.21. The lowest BCUT2D eigenvalue weighted by atomic mass is 10.1. The van der Waals surface area contributed by atoms with Crippen LogP contribution in [0.5, 0.6) is 0 Å². The fourth-order valence-electron chi connectivity index (χ4n) is 2.89. The maximum atomic E-state index is 4.79. The van der Waals surface area contributed by atoms with E-state index in [1.165, 1.54) is 21.6 Å². The molecule has 0 aliphatic rings. The minimum absolute atomic E-state index is 0.226. The Morgan fingerprint density at radius 1 is 1.33 bits per heavy atom. The second kappa shape index (κ2) is 10.4. The van der Waals surface area contributed by atoms with Gasteiger partial charge in [-0.3, -0.25) is 4.68 Å². The summed E-state index contributed by atoms with van der Waals surface area (Å²) in [6.45, 7) is 6.45. The summed E-state index contributed by atoms with van der Waals surface area (Å²) in [4.78, 5) is 8.28. The highest BCUT2D eigenvalue weighted by atomic mass is 32.2. The van der Waals surface area contributed by atoms with Crippen LogP contribution in [0.3, 0.4) is 0 Å². The van der Waals surface area contributed by atoms with Gasteiger partial charge in [-0.15, -0.1) is 11.8 Å². The highest BCUT2D eigenvalue weighted by molar-refractivity contribution is 7.98. The average molecular weight is 389 g/mol. The minimum Gasteiger partial charge on any atom is -0.357 e. The Hall–Kier alpha value is -1.99. The Bertz CT molecular complexity index is 753. The number of aryl methyl sites for hydroxylation is 2. The van der Waals surface area contributed by atoms with Crippen LogP contribution in [0, 0.1) is 6.92 Å². The van der Waals surface area contributed by atoms with Crippen LogP contribution < -0.4 is 10.6 Å². The molecule has 7 heteroatoms. The van der Waals surface area contributed by atoms with Crippen LogP contribution in [0.1, 0.15) is 29.7 Å². The molecule has 1 heterocycles. The standard InChI is InChI=1S/C20H32N6S/c1-7-21-20(22-11-16-9-8-15(2)10-19(16)27-6)23-13-18(25(3)4)17-12-24-26(5)14-17/h8-10,12,14,18H,7,11,13H2,1-6H3,(H2,21,22,23). The summed E-state index contributed by atoms with van der Waals surface area (Å²) in [6.07, 6.45) is 6.10. The van der Waals surface area contributed by atoms with Crippen molar-refractivity contribution in [1.29, 1.82) is 0 Å². The largest absolute Gasteiger partial charge is 0.357 e. The van der Waals surface area contributed by atoms with Gasteiger partial charge in [0.15, 0.2) is 5.96 Å². The van der Waals surface area contributed by atoms with Crippen LogP contribution in [0.25, 0.3) is 0 Å². The lowest BCUT2D eigenvalue weighted by molar-refractivity contribution is 0.298. The molecule has 6 nitrogen and oxygen atoms in total. The molecular weight excluding hydrogens is 356 g/mol. The van der Waals surface area contributed by atoms with E-state index in [0.29, 0.717) is 6.54 Å². The summed E-state index contributed by atoms with van der Waals surface area (Å²) >= 11 is 1.77. The van der Waals surface area contributed by atoms with Gasteiger partial charge >= 0.3 is 0 Å². The van der Waals surface area contributed by atoms with Crippen LogP contribution in [0.2, 0.25) is 0 Å². The molecule has 0 amide bonds. The van der Waals surface area contributed by atoms with Gasteiger partial charge in [0, 0.05) is 36.8 Å². The number of nitrogens with zero attached hydrogens (tertiary/aromatic N) is 4. The van der Waals surface area contributed by atoms with Gasteiger partial charge in [0.05, 0.1) is 18.8 Å². The maximum Gasteiger partial charge on any atom is 0.191 e. The van der Waals surface area contributed by atoms with Gasteiger partial charge in [-0.25, -0.2) is 4.99 Å².